The van der Waals surface area contributed by atoms with E-state index in [0.29, 0.717) is 0 Å². The zero-order valence-corrected chi connectivity index (χ0v) is 6.88. The molecule has 0 aliphatic heterocycles. The van der Waals surface area contributed by atoms with Gasteiger partial charge in [0.2, 0.25) is 0 Å². The molecule has 7 nitrogen and oxygen atoms in total. The van der Waals surface area contributed by atoms with Gasteiger partial charge in [-0.05, 0) is 0 Å². The highest BCUT2D eigenvalue weighted by molar-refractivity contribution is 5.89. The molecule has 1 aliphatic rings. The van der Waals surface area contributed by atoms with E-state index in [2.05, 4.69) is 0 Å². The molecule has 1 aliphatic carbocycles. The predicted octanol–water partition coefficient (Wildman–Crippen LogP) is -1.57. The molecule has 5 N–H and O–H groups in total. The van der Waals surface area contributed by atoms with Gasteiger partial charge in [0.1, 0.15) is 6.04 Å². The van der Waals surface area contributed by atoms with Gasteiger partial charge in [-0.2, -0.15) is 0 Å². The van der Waals surface area contributed by atoms with Crippen LogP contribution in [0.4, 0.5) is 0 Å². The van der Waals surface area contributed by atoms with Gasteiger partial charge in [-0.3, -0.25) is 14.4 Å². The van der Waals surface area contributed by atoms with Gasteiger partial charge in [0.05, 0.1) is 11.8 Å². The summed E-state index contributed by atoms with van der Waals surface area (Å²) in [6.45, 7) is 0. The molecule has 0 bridgehead atoms. The van der Waals surface area contributed by atoms with Gasteiger partial charge in [0.15, 0.2) is 0 Å². The van der Waals surface area contributed by atoms with Crippen LogP contribution < -0.4 is 5.73 Å². The molecule has 0 aromatic heterocycles. The van der Waals surface area contributed by atoms with Crippen LogP contribution in [0.1, 0.15) is 1.37 Å². The Bertz CT molecular complexity index is 322. The molecule has 0 radical (unpaired) electrons. The second kappa shape index (κ2) is 3.26. The molecular formula is C7H9NO6. The summed E-state index contributed by atoms with van der Waals surface area (Å²) in [5.41, 5.74) is 5.10. The average molecular weight is 205 g/mol. The van der Waals surface area contributed by atoms with Crippen LogP contribution in [0.3, 0.4) is 0 Å². The van der Waals surface area contributed by atoms with Crippen molar-refractivity contribution in [3.8, 4) is 0 Å². The molecule has 0 heterocycles. The van der Waals surface area contributed by atoms with E-state index < -0.39 is 41.7 Å². The topological polar surface area (TPSA) is 138 Å². The van der Waals surface area contributed by atoms with Gasteiger partial charge < -0.3 is 21.1 Å². The van der Waals surface area contributed by atoms with Crippen molar-refractivity contribution in [3.63, 3.8) is 0 Å². The third-order valence-corrected chi connectivity index (χ3v) is 2.10. The molecule has 0 unspecified atom stereocenters. The maximum absolute atomic E-state index is 10.6. The van der Waals surface area contributed by atoms with Crippen LogP contribution in [0.25, 0.3) is 0 Å². The summed E-state index contributed by atoms with van der Waals surface area (Å²) >= 11 is 0. The summed E-state index contributed by atoms with van der Waals surface area (Å²) in [5, 5.41) is 25.7. The molecule has 14 heavy (non-hydrogen) atoms. The Labute approximate surface area is 79.5 Å². The largest absolute Gasteiger partial charge is 0.481 e. The Hall–Kier alpha value is -1.63. The minimum absolute atomic E-state index is 1.52. The van der Waals surface area contributed by atoms with E-state index in [0.717, 1.165) is 0 Å². The Balaban J connectivity index is 2.99. The normalized spacial score (nSPS) is 38.2. The predicted molar refractivity (Wildman–Crippen MR) is 41.4 cm³/mol. The highest BCUT2D eigenvalue weighted by Crippen LogP contribution is 2.48. The van der Waals surface area contributed by atoms with Crippen LogP contribution in [-0.2, 0) is 14.4 Å². The van der Waals surface area contributed by atoms with Crippen molar-refractivity contribution in [2.75, 3.05) is 0 Å². The highest BCUT2D eigenvalue weighted by Gasteiger charge is 2.63. The lowest BCUT2D eigenvalue weighted by atomic mass is 10.1. The fourth-order valence-corrected chi connectivity index (χ4v) is 1.38. The molecule has 0 aromatic carbocycles. The van der Waals surface area contributed by atoms with E-state index in [1.54, 1.807) is 0 Å². The van der Waals surface area contributed by atoms with Crippen molar-refractivity contribution in [2.45, 2.75) is 6.04 Å². The fraction of sp³-hybridized carbons (Fsp3) is 0.571. The first-order chi connectivity index (χ1) is 6.74. The van der Waals surface area contributed by atoms with Crippen molar-refractivity contribution in [3.05, 3.63) is 0 Å². The number of carbonyl (C=O) groups is 3. The summed E-state index contributed by atoms with van der Waals surface area (Å²) in [7, 11) is 0. The van der Waals surface area contributed by atoms with E-state index in [-0.39, 0.29) is 0 Å². The van der Waals surface area contributed by atoms with Crippen molar-refractivity contribution < 1.29 is 31.1 Å². The molecule has 78 valence electrons. The maximum Gasteiger partial charge on any atom is 0.320 e. The van der Waals surface area contributed by atoms with Gasteiger partial charge in [0, 0.05) is 7.26 Å². The summed E-state index contributed by atoms with van der Waals surface area (Å²) in [4.78, 5) is 31.7. The van der Waals surface area contributed by atoms with Crippen LogP contribution in [0.2, 0.25) is 0 Å². The van der Waals surface area contributed by atoms with E-state index in [1.165, 1.54) is 0 Å². The molecule has 1 saturated carbocycles. The average Bonchev–Trinajstić information content (AvgIpc) is 2.72. The number of aliphatic carboxylic acids is 3. The summed E-state index contributed by atoms with van der Waals surface area (Å²) in [6.07, 6.45) is 0. The van der Waals surface area contributed by atoms with Gasteiger partial charge >= 0.3 is 17.9 Å². The van der Waals surface area contributed by atoms with Crippen LogP contribution in [0.5, 0.6) is 0 Å². The quantitative estimate of drug-likeness (QED) is 0.434. The maximum atomic E-state index is 10.6. The molecule has 0 amide bonds. The van der Waals surface area contributed by atoms with E-state index in [1.807, 2.05) is 0 Å². The van der Waals surface area contributed by atoms with Crippen molar-refractivity contribution >= 4 is 17.9 Å². The SMILES string of the molecule is [3H]C1([C@H](N)C(=O)O)[C@@H](C(=O)O)[C@@H]1C(=O)O. The van der Waals surface area contributed by atoms with Gasteiger partial charge in [-0.1, -0.05) is 0 Å². The number of hydrogen-bond donors (Lipinski definition) is 4. The molecule has 3 atom stereocenters. The molecule has 1 fully saturated rings. The number of nitrogens with two attached hydrogens (primary N) is 1. The van der Waals surface area contributed by atoms with Crippen LogP contribution >= 0.6 is 0 Å². The summed E-state index contributed by atoms with van der Waals surface area (Å²) < 4.78 is 7.49. The molecular weight excluding hydrogens is 194 g/mol. The summed E-state index contributed by atoms with van der Waals surface area (Å²) in [5.74, 6) is -9.92. The number of rotatable bonds is 4. The molecule has 0 saturated heterocycles. The number of carboxylic acids is 3. The van der Waals surface area contributed by atoms with E-state index in [9.17, 15) is 14.4 Å². The Morgan fingerprint density at radius 2 is 1.50 bits per heavy atom. The second-order valence-electron chi connectivity index (χ2n) is 2.95. The second-order valence-corrected chi connectivity index (χ2v) is 2.95. The van der Waals surface area contributed by atoms with Gasteiger partial charge in [-0.25, -0.2) is 0 Å². The summed E-state index contributed by atoms with van der Waals surface area (Å²) in [6, 6.07) is -1.82. The van der Waals surface area contributed by atoms with Crippen LogP contribution in [-0.4, -0.2) is 39.3 Å². The Morgan fingerprint density at radius 1 is 1.14 bits per heavy atom. The van der Waals surface area contributed by atoms with Crippen molar-refractivity contribution in [2.24, 2.45) is 23.5 Å². The zero-order valence-electron chi connectivity index (χ0n) is 7.88. The minimum atomic E-state index is -2.16. The van der Waals surface area contributed by atoms with Crippen molar-refractivity contribution in [1.82, 2.24) is 0 Å². The smallest absolute Gasteiger partial charge is 0.320 e. The highest BCUT2D eigenvalue weighted by atomic mass is 16.4. The first kappa shape index (κ1) is 8.95. The first-order valence-electron chi connectivity index (χ1n) is 4.18. The van der Waals surface area contributed by atoms with Crippen molar-refractivity contribution in [1.29, 1.82) is 0 Å². The minimum Gasteiger partial charge on any atom is -0.481 e. The number of hydrogen-bond acceptors (Lipinski definition) is 4. The van der Waals surface area contributed by atoms with E-state index in [4.69, 9.17) is 22.4 Å². The standard InChI is InChI=1S/C7H9NO6/c8-4(7(13)14)1-2(5(9)10)3(1)6(11)12/h1-4H,8H2,(H,9,10)(H,11,12)(H,13,14)/t2-,3-,4+/m1/s1/i1T. The number of carboxylic acid groups (broad SMARTS) is 3. The van der Waals surface area contributed by atoms with Crippen LogP contribution in [0.15, 0.2) is 0 Å². The lowest BCUT2D eigenvalue weighted by molar-refractivity contribution is -0.144. The third-order valence-electron chi connectivity index (χ3n) is 2.10. The molecule has 0 spiro atoms. The third kappa shape index (κ3) is 1.53. The van der Waals surface area contributed by atoms with E-state index >= 15 is 0 Å². The Kier molecular flexibility index (Phi) is 2.08. The van der Waals surface area contributed by atoms with Gasteiger partial charge in [-0.15, -0.1) is 0 Å². The monoisotopic (exact) mass is 205 g/mol. The molecule has 7 heteroatoms. The lowest BCUT2D eigenvalue weighted by Gasteiger charge is -2.02. The lowest BCUT2D eigenvalue weighted by Crippen LogP contribution is -2.34. The molecule has 1 rings (SSSR count). The zero-order chi connectivity index (χ0) is 12.0. The fourth-order valence-electron chi connectivity index (χ4n) is 1.38. The van der Waals surface area contributed by atoms with Crippen LogP contribution in [0, 0.1) is 17.7 Å². The van der Waals surface area contributed by atoms with Gasteiger partial charge in [0.25, 0.3) is 0 Å². The molecule has 0 aromatic rings. The Morgan fingerprint density at radius 3 is 1.71 bits per heavy atom. The first-order valence-corrected chi connectivity index (χ1v) is 3.68.